The maximum absolute atomic E-state index is 12.5. The number of carbonyl (C=O) groups excluding carboxylic acids is 1. The van der Waals surface area contributed by atoms with Crippen molar-refractivity contribution >= 4 is 25.5 Å². The first-order valence-electron chi connectivity index (χ1n) is 13.0. The first-order chi connectivity index (χ1) is 17.2. The van der Waals surface area contributed by atoms with Crippen LogP contribution in [0.3, 0.4) is 0 Å². The monoisotopic (exact) mass is 541 g/mol. The van der Waals surface area contributed by atoms with Crippen molar-refractivity contribution in [3.8, 4) is 5.69 Å². The van der Waals surface area contributed by atoms with Crippen LogP contribution in [0.1, 0.15) is 82.0 Å². The molecule has 2 unspecified atom stereocenters. The topological polar surface area (TPSA) is 72.7 Å². The molecule has 35 heavy (non-hydrogen) atoms. The van der Waals surface area contributed by atoms with Gasteiger partial charge in [-0.3, -0.25) is 0 Å². The Bertz CT molecular complexity index is 979. The molecule has 0 spiro atoms. The van der Waals surface area contributed by atoms with E-state index in [-0.39, 0.29) is 20.7 Å². The molecular weight excluding hydrogens is 501 g/mol. The molecule has 0 bridgehead atoms. The molecule has 7 heteroatoms. The Morgan fingerprint density at radius 2 is 1.66 bits per heavy atom. The Kier molecular flexibility index (Phi) is 12.2. The molecule has 1 heterocycles. The van der Waals surface area contributed by atoms with E-state index in [9.17, 15) is 4.79 Å². The fraction of sp³-hybridized carbons (Fsp3) is 0.500. The van der Waals surface area contributed by atoms with Crippen LogP contribution in [0, 0.1) is 0 Å². The van der Waals surface area contributed by atoms with Crippen molar-refractivity contribution in [2.75, 3.05) is 6.54 Å². The summed E-state index contributed by atoms with van der Waals surface area (Å²) in [6.45, 7) is 5.28. The zero-order chi connectivity index (χ0) is 24.7. The van der Waals surface area contributed by atoms with Crippen LogP contribution in [0.25, 0.3) is 5.69 Å². The minimum absolute atomic E-state index is 0.153. The zero-order valence-electron chi connectivity index (χ0n) is 21.1. The number of nitrogens with one attached hydrogen (secondary N) is 1. The average molecular weight is 541 g/mol. The summed E-state index contributed by atoms with van der Waals surface area (Å²) < 4.78 is 2.82. The van der Waals surface area contributed by atoms with Gasteiger partial charge >= 0.3 is 217 Å². The molecule has 6 nitrogen and oxygen atoms in total. The number of tetrazole rings is 1. The Morgan fingerprint density at radius 1 is 0.971 bits per heavy atom. The molecule has 0 radical (unpaired) electrons. The molecule has 0 saturated carbocycles. The van der Waals surface area contributed by atoms with Crippen molar-refractivity contribution in [1.29, 1.82) is 0 Å². The van der Waals surface area contributed by atoms with E-state index in [0.29, 0.717) is 17.3 Å². The van der Waals surface area contributed by atoms with Crippen LogP contribution < -0.4 is 10.0 Å². The molecule has 3 aromatic rings. The molecule has 1 aromatic heterocycles. The second-order valence-electron chi connectivity index (χ2n) is 9.12. The number of benzene rings is 2. The van der Waals surface area contributed by atoms with Gasteiger partial charge in [-0.1, -0.05) is 0 Å². The first-order valence-corrected chi connectivity index (χ1v) is 14.8. The fourth-order valence-electron chi connectivity index (χ4n) is 4.24. The van der Waals surface area contributed by atoms with Crippen LogP contribution in [-0.4, -0.2) is 53.5 Å². The molecule has 1 N–H and O–H groups in total. The Morgan fingerprint density at radius 3 is 2.40 bits per heavy atom. The summed E-state index contributed by atoms with van der Waals surface area (Å²) >= 11 is 0.153. The molecule has 0 aliphatic heterocycles. The molecule has 2 aromatic carbocycles. The third-order valence-corrected chi connectivity index (χ3v) is 8.38. The van der Waals surface area contributed by atoms with Crippen molar-refractivity contribution in [2.45, 2.75) is 82.5 Å². The van der Waals surface area contributed by atoms with Gasteiger partial charge in [0, 0.05) is 0 Å². The first kappa shape index (κ1) is 27.3. The molecule has 3 rings (SSSR count). The second-order valence-corrected chi connectivity index (χ2v) is 12.1. The van der Waals surface area contributed by atoms with Crippen LogP contribution in [0.4, 0.5) is 0 Å². The number of Topliss-reactive ketones (excluding diaryl/α,β-unsaturated/α-hetero) is 1. The van der Waals surface area contributed by atoms with Crippen LogP contribution in [0.15, 0.2) is 60.7 Å². The summed E-state index contributed by atoms with van der Waals surface area (Å²) in [5.74, 6) is 0.204. The van der Waals surface area contributed by atoms with Gasteiger partial charge in [0.1, 0.15) is 0 Å². The van der Waals surface area contributed by atoms with E-state index < -0.39 is 0 Å². The predicted octanol–water partition coefficient (Wildman–Crippen LogP) is 5.17. The van der Waals surface area contributed by atoms with Gasteiger partial charge in [-0.25, -0.2) is 0 Å². The third kappa shape index (κ3) is 9.67. The summed E-state index contributed by atoms with van der Waals surface area (Å²) in [5.41, 5.74) is 1.80. The number of nitrogens with zero attached hydrogens (tertiary/aromatic N) is 4. The standard InChI is InChI=1S/C28H39N5OSe/c1-3-4-5-6-7-12-17-25(29-21-20-27(34)24-15-10-8-11-16-24)22-23(2)35-28-30-31-32-33(28)26-18-13-9-14-19-26/h8-11,13-16,18-19,23,25,29H,3-7,12,17,20-22H2,1-2H3. The number of aromatic nitrogens is 4. The van der Waals surface area contributed by atoms with Crippen molar-refractivity contribution in [1.82, 2.24) is 25.5 Å². The third-order valence-electron chi connectivity index (χ3n) is 6.15. The Hall–Kier alpha value is -2.34. The van der Waals surface area contributed by atoms with Gasteiger partial charge in [0.15, 0.2) is 0 Å². The second kappa shape index (κ2) is 15.6. The average Bonchev–Trinajstić information content (AvgIpc) is 3.34. The van der Waals surface area contributed by atoms with E-state index in [2.05, 4.69) is 34.7 Å². The molecule has 0 amide bonds. The fourth-order valence-corrected chi connectivity index (χ4v) is 6.37. The van der Waals surface area contributed by atoms with Gasteiger partial charge in [-0.2, -0.15) is 0 Å². The van der Waals surface area contributed by atoms with Crippen LogP contribution in [0.5, 0.6) is 0 Å². The summed E-state index contributed by atoms with van der Waals surface area (Å²) in [6.07, 6.45) is 10.5. The molecule has 188 valence electrons. The van der Waals surface area contributed by atoms with Crippen molar-refractivity contribution in [2.24, 2.45) is 0 Å². The molecule has 0 aliphatic rings. The molecule has 0 saturated heterocycles. The van der Waals surface area contributed by atoms with E-state index in [1.54, 1.807) is 0 Å². The number of carbonyl (C=O) groups is 1. The van der Waals surface area contributed by atoms with Gasteiger partial charge in [-0.15, -0.1) is 0 Å². The number of ketones is 1. The number of unbranched alkanes of at least 4 members (excludes halogenated alkanes) is 5. The Balaban J connectivity index is 1.52. The van der Waals surface area contributed by atoms with Gasteiger partial charge < -0.3 is 0 Å². The quantitative estimate of drug-likeness (QED) is 0.145. The van der Waals surface area contributed by atoms with E-state index in [0.717, 1.165) is 35.4 Å². The summed E-state index contributed by atoms with van der Waals surface area (Å²) in [5, 5.41) is 16.2. The van der Waals surface area contributed by atoms with Gasteiger partial charge in [-0.05, 0) is 0 Å². The number of hydrogen-bond donors (Lipinski definition) is 1. The van der Waals surface area contributed by atoms with Crippen molar-refractivity contribution in [3.05, 3.63) is 66.2 Å². The van der Waals surface area contributed by atoms with Gasteiger partial charge in [0.2, 0.25) is 0 Å². The molecule has 0 fully saturated rings. The number of rotatable bonds is 17. The molecule has 0 aliphatic carbocycles. The molecular formula is C28H39N5OSe. The van der Waals surface area contributed by atoms with E-state index >= 15 is 0 Å². The van der Waals surface area contributed by atoms with E-state index in [1.165, 1.54) is 38.5 Å². The number of hydrogen-bond acceptors (Lipinski definition) is 5. The summed E-state index contributed by atoms with van der Waals surface area (Å²) in [7, 11) is 0. The van der Waals surface area contributed by atoms with E-state index in [4.69, 9.17) is 0 Å². The molecule has 2 atom stereocenters. The Labute approximate surface area is 216 Å². The van der Waals surface area contributed by atoms with Crippen molar-refractivity contribution < 1.29 is 4.79 Å². The van der Waals surface area contributed by atoms with Crippen LogP contribution in [-0.2, 0) is 0 Å². The zero-order valence-corrected chi connectivity index (χ0v) is 22.8. The van der Waals surface area contributed by atoms with Crippen molar-refractivity contribution in [3.63, 3.8) is 0 Å². The maximum atomic E-state index is 12.5. The van der Waals surface area contributed by atoms with E-state index in [1.807, 2.05) is 65.3 Å². The van der Waals surface area contributed by atoms with Gasteiger partial charge in [0.05, 0.1) is 0 Å². The summed E-state index contributed by atoms with van der Waals surface area (Å²) in [6, 6.07) is 20.1. The minimum atomic E-state index is 0.153. The number of para-hydroxylation sites is 1. The normalized spacial score (nSPS) is 13.0. The predicted molar refractivity (Wildman–Crippen MR) is 144 cm³/mol. The van der Waals surface area contributed by atoms with Gasteiger partial charge in [0.25, 0.3) is 0 Å². The summed E-state index contributed by atoms with van der Waals surface area (Å²) in [4.78, 5) is 13.0. The SMILES string of the molecule is CCCCCCCCC(CC(C)[Se]c1nnnn1-c1ccccc1)NCCC(=O)c1ccccc1. The van der Waals surface area contributed by atoms with Crippen LogP contribution in [0.2, 0.25) is 4.82 Å². The van der Waals surface area contributed by atoms with Crippen LogP contribution >= 0.6 is 0 Å².